The number of amides is 1. The Morgan fingerprint density at radius 2 is 2.00 bits per heavy atom. The number of hydrogen-bond acceptors (Lipinski definition) is 6. The second-order valence-electron chi connectivity index (χ2n) is 6.05. The molecule has 0 bridgehead atoms. The summed E-state index contributed by atoms with van der Waals surface area (Å²) in [5.41, 5.74) is 0.352. The van der Waals surface area contributed by atoms with E-state index in [9.17, 15) is 23.1 Å². The maximum atomic E-state index is 12.4. The van der Waals surface area contributed by atoms with Gasteiger partial charge in [-0.1, -0.05) is 19.8 Å². The molecule has 1 aromatic heterocycles. The van der Waals surface area contributed by atoms with E-state index in [1.807, 2.05) is 6.92 Å². The zero-order valence-corrected chi connectivity index (χ0v) is 15.0. The highest BCUT2D eigenvalue weighted by atomic mass is 32.2. The summed E-state index contributed by atoms with van der Waals surface area (Å²) in [6, 6.07) is 2.41. The highest BCUT2D eigenvalue weighted by molar-refractivity contribution is 7.91. The minimum absolute atomic E-state index is 0.0243. The Morgan fingerprint density at radius 3 is 2.52 bits per heavy atom. The number of carboxylic acid groups (broad SMARTS) is 1. The number of carbonyl (C=O) groups excluding carboxylic acids is 1. The summed E-state index contributed by atoms with van der Waals surface area (Å²) >= 11 is 0. The van der Waals surface area contributed by atoms with Crippen LogP contribution in [0.15, 0.2) is 18.3 Å². The van der Waals surface area contributed by atoms with Gasteiger partial charge in [-0.3, -0.25) is 4.79 Å². The van der Waals surface area contributed by atoms with Crippen LogP contribution in [0.4, 0.5) is 5.82 Å². The van der Waals surface area contributed by atoms with E-state index in [1.54, 1.807) is 12.1 Å². The molecule has 1 fully saturated rings. The van der Waals surface area contributed by atoms with E-state index in [1.165, 1.54) is 11.1 Å². The van der Waals surface area contributed by atoms with E-state index < -0.39 is 21.8 Å². The van der Waals surface area contributed by atoms with Crippen LogP contribution in [0, 0.1) is 0 Å². The number of carbonyl (C=O) groups is 2. The Balaban J connectivity index is 1.99. The number of aliphatic carboxylic acids is 1. The van der Waals surface area contributed by atoms with Gasteiger partial charge in [-0.25, -0.2) is 18.2 Å². The molecule has 0 spiro atoms. The van der Waals surface area contributed by atoms with Crippen LogP contribution in [-0.2, 0) is 14.6 Å². The quantitative estimate of drug-likeness (QED) is 0.736. The predicted octanol–water partition coefficient (Wildman–Crippen LogP) is 1.01. The van der Waals surface area contributed by atoms with Gasteiger partial charge < -0.3 is 15.3 Å². The summed E-state index contributed by atoms with van der Waals surface area (Å²) in [5, 5.41) is 12.1. The van der Waals surface area contributed by atoms with Crippen LogP contribution in [0.1, 0.15) is 36.5 Å². The van der Waals surface area contributed by atoms with E-state index in [4.69, 9.17) is 0 Å². The van der Waals surface area contributed by atoms with Crippen molar-refractivity contribution in [2.24, 2.45) is 0 Å². The highest BCUT2D eigenvalue weighted by Gasteiger charge is 2.26. The van der Waals surface area contributed by atoms with E-state index in [0.29, 0.717) is 17.8 Å². The van der Waals surface area contributed by atoms with Crippen molar-refractivity contribution in [1.82, 2.24) is 9.88 Å². The molecule has 1 unspecified atom stereocenters. The first-order valence-corrected chi connectivity index (χ1v) is 10.1. The zero-order chi connectivity index (χ0) is 18.4. The largest absolute Gasteiger partial charge is 0.480 e. The van der Waals surface area contributed by atoms with Gasteiger partial charge in [0.15, 0.2) is 9.84 Å². The minimum atomic E-state index is -3.04. The number of hydrogen-bond donors (Lipinski definition) is 2. The lowest BCUT2D eigenvalue weighted by Gasteiger charge is -2.26. The average molecular weight is 369 g/mol. The molecule has 0 saturated carbocycles. The van der Waals surface area contributed by atoms with Crippen molar-refractivity contribution < 1.29 is 23.1 Å². The van der Waals surface area contributed by atoms with Gasteiger partial charge in [-0.05, 0) is 18.6 Å². The van der Waals surface area contributed by atoms with Crippen LogP contribution >= 0.6 is 0 Å². The lowest BCUT2D eigenvalue weighted by Crippen LogP contribution is -2.43. The Morgan fingerprint density at radius 1 is 1.32 bits per heavy atom. The normalized spacial score (nSPS) is 17.7. The van der Waals surface area contributed by atoms with E-state index in [-0.39, 0.29) is 30.5 Å². The Hall–Kier alpha value is -2.16. The Bertz CT molecular complexity index is 704. The van der Waals surface area contributed by atoms with Gasteiger partial charge in [0.25, 0.3) is 5.91 Å². The topological polar surface area (TPSA) is 117 Å². The Kier molecular flexibility index (Phi) is 6.35. The van der Waals surface area contributed by atoms with Crippen molar-refractivity contribution in [2.45, 2.75) is 32.2 Å². The molecule has 1 saturated heterocycles. The van der Waals surface area contributed by atoms with Crippen LogP contribution in [0.5, 0.6) is 0 Å². The number of anilines is 1. The molecular formula is C16H23N3O5S. The van der Waals surface area contributed by atoms with Gasteiger partial charge in [0.1, 0.15) is 11.9 Å². The second kappa shape index (κ2) is 8.28. The molecule has 138 valence electrons. The maximum absolute atomic E-state index is 12.4. The van der Waals surface area contributed by atoms with E-state index in [0.717, 1.165) is 12.8 Å². The standard InChI is InChI=1S/C16H23N3O5S/c1-2-3-4-13(16(21)22)18-14-6-5-12(11-17-14)15(20)19-7-9-25(23,24)10-8-19/h5-6,11,13H,2-4,7-10H2,1H3,(H,17,18)(H,21,22). The van der Waals surface area contributed by atoms with Crippen molar-refractivity contribution in [2.75, 3.05) is 29.9 Å². The first kappa shape index (κ1) is 19.2. The molecule has 0 radical (unpaired) electrons. The first-order chi connectivity index (χ1) is 11.8. The fraction of sp³-hybridized carbons (Fsp3) is 0.562. The summed E-state index contributed by atoms with van der Waals surface area (Å²) in [6.45, 7) is 2.35. The van der Waals surface area contributed by atoms with Gasteiger partial charge in [-0.15, -0.1) is 0 Å². The number of unbranched alkanes of at least 4 members (excludes halogenated alkanes) is 1. The van der Waals surface area contributed by atoms with Crippen molar-refractivity contribution in [3.8, 4) is 0 Å². The van der Waals surface area contributed by atoms with Gasteiger partial charge >= 0.3 is 5.97 Å². The van der Waals surface area contributed by atoms with Crippen LogP contribution in [0.2, 0.25) is 0 Å². The number of rotatable bonds is 7. The molecule has 0 aromatic carbocycles. The SMILES string of the molecule is CCCCC(Nc1ccc(C(=O)N2CCS(=O)(=O)CC2)cn1)C(=O)O. The van der Waals surface area contributed by atoms with Crippen LogP contribution < -0.4 is 5.32 Å². The molecule has 0 aliphatic carbocycles. The third-order valence-electron chi connectivity index (χ3n) is 4.11. The van der Waals surface area contributed by atoms with Gasteiger partial charge in [0, 0.05) is 19.3 Å². The van der Waals surface area contributed by atoms with E-state index >= 15 is 0 Å². The number of aromatic nitrogens is 1. The van der Waals surface area contributed by atoms with E-state index in [2.05, 4.69) is 10.3 Å². The summed E-state index contributed by atoms with van der Waals surface area (Å²) in [7, 11) is -3.04. The van der Waals surface area contributed by atoms with Gasteiger partial charge in [0.05, 0.1) is 17.1 Å². The predicted molar refractivity (Wildman–Crippen MR) is 93.4 cm³/mol. The van der Waals surface area contributed by atoms with Crippen molar-refractivity contribution in [3.63, 3.8) is 0 Å². The lowest BCUT2D eigenvalue weighted by atomic mass is 10.1. The summed E-state index contributed by atoms with van der Waals surface area (Å²) in [6.07, 6.45) is 3.57. The number of sulfone groups is 1. The number of nitrogens with zero attached hydrogens (tertiary/aromatic N) is 2. The monoisotopic (exact) mass is 369 g/mol. The third-order valence-corrected chi connectivity index (χ3v) is 5.72. The number of pyridine rings is 1. The first-order valence-electron chi connectivity index (χ1n) is 8.27. The fourth-order valence-corrected chi connectivity index (χ4v) is 3.75. The molecule has 1 aliphatic rings. The molecular weight excluding hydrogens is 346 g/mol. The molecule has 8 nitrogen and oxygen atoms in total. The van der Waals surface area contributed by atoms with Crippen LogP contribution in [0.25, 0.3) is 0 Å². The summed E-state index contributed by atoms with van der Waals surface area (Å²) < 4.78 is 22.9. The number of carboxylic acids is 1. The van der Waals surface area contributed by atoms with Crippen LogP contribution in [0.3, 0.4) is 0 Å². The molecule has 1 atom stereocenters. The third kappa shape index (κ3) is 5.42. The maximum Gasteiger partial charge on any atom is 0.326 e. The molecule has 9 heteroatoms. The van der Waals surface area contributed by atoms with Crippen LogP contribution in [-0.4, -0.2) is 65.9 Å². The fourth-order valence-electron chi connectivity index (χ4n) is 2.55. The molecule has 1 aliphatic heterocycles. The van der Waals surface area contributed by atoms with Gasteiger partial charge in [-0.2, -0.15) is 0 Å². The van der Waals surface area contributed by atoms with Gasteiger partial charge in [0.2, 0.25) is 0 Å². The van der Waals surface area contributed by atoms with Crippen molar-refractivity contribution in [1.29, 1.82) is 0 Å². The summed E-state index contributed by atoms with van der Waals surface area (Å²) in [5.74, 6) is -0.867. The molecule has 2 N–H and O–H groups in total. The minimum Gasteiger partial charge on any atom is -0.480 e. The molecule has 2 heterocycles. The summed E-state index contributed by atoms with van der Waals surface area (Å²) in [4.78, 5) is 29.2. The second-order valence-corrected chi connectivity index (χ2v) is 8.36. The van der Waals surface area contributed by atoms with Crippen molar-refractivity contribution >= 4 is 27.5 Å². The molecule has 25 heavy (non-hydrogen) atoms. The zero-order valence-electron chi connectivity index (χ0n) is 14.1. The molecule has 2 rings (SSSR count). The van der Waals surface area contributed by atoms with Crippen molar-refractivity contribution in [3.05, 3.63) is 23.9 Å². The average Bonchev–Trinajstić information content (AvgIpc) is 2.58. The number of nitrogens with one attached hydrogen (secondary N) is 1. The molecule has 1 amide bonds. The lowest BCUT2D eigenvalue weighted by molar-refractivity contribution is -0.138. The molecule has 1 aromatic rings. The smallest absolute Gasteiger partial charge is 0.326 e. The highest BCUT2D eigenvalue weighted by Crippen LogP contribution is 2.13. The Labute approximate surface area is 147 Å².